The maximum Gasteiger partial charge on any atom is 0.295 e. The summed E-state index contributed by atoms with van der Waals surface area (Å²) in [6, 6.07) is 8.22. The van der Waals surface area contributed by atoms with E-state index < -0.39 is 17.7 Å². The van der Waals surface area contributed by atoms with Gasteiger partial charge in [0.25, 0.3) is 11.7 Å². The topological polar surface area (TPSA) is 92.2 Å². The van der Waals surface area contributed by atoms with Crippen molar-refractivity contribution in [1.82, 2.24) is 14.8 Å². The molecule has 0 radical (unpaired) electrons. The Morgan fingerprint density at radius 1 is 1.19 bits per heavy atom. The summed E-state index contributed by atoms with van der Waals surface area (Å²) in [4.78, 5) is 34.4. The van der Waals surface area contributed by atoms with E-state index in [1.165, 1.54) is 0 Å². The summed E-state index contributed by atoms with van der Waals surface area (Å²) in [5.41, 5.74) is 2.11. The lowest BCUT2D eigenvalue weighted by Gasteiger charge is -2.29. The van der Waals surface area contributed by atoms with Crippen LogP contribution in [-0.2, 0) is 14.3 Å². The fraction of sp³-hybridized carbons (Fsp3) is 0.464. The quantitative estimate of drug-likeness (QED) is 0.324. The molecule has 0 aliphatic carbocycles. The van der Waals surface area contributed by atoms with Gasteiger partial charge in [-0.2, -0.15) is 0 Å². The second kappa shape index (κ2) is 11.7. The Kier molecular flexibility index (Phi) is 8.38. The fourth-order valence-corrected chi connectivity index (χ4v) is 4.65. The molecule has 36 heavy (non-hydrogen) atoms. The van der Waals surface area contributed by atoms with E-state index >= 15 is 0 Å². The molecule has 8 nitrogen and oxygen atoms in total. The highest BCUT2D eigenvalue weighted by Gasteiger charge is 2.46. The first kappa shape index (κ1) is 25.9. The van der Waals surface area contributed by atoms with Gasteiger partial charge in [-0.05, 0) is 54.7 Å². The third-order valence-electron chi connectivity index (χ3n) is 6.54. The predicted molar refractivity (Wildman–Crippen MR) is 137 cm³/mol. The summed E-state index contributed by atoms with van der Waals surface area (Å²) in [5.74, 6) is -0.341. The molecule has 2 aliphatic heterocycles. The minimum Gasteiger partial charge on any atom is -0.507 e. The minimum absolute atomic E-state index is 0.0922. The van der Waals surface area contributed by atoms with Crippen molar-refractivity contribution in [3.05, 3.63) is 65.0 Å². The van der Waals surface area contributed by atoms with E-state index in [0.29, 0.717) is 49.8 Å². The molecule has 1 N–H and O–H groups in total. The van der Waals surface area contributed by atoms with Crippen LogP contribution in [0.2, 0.25) is 0 Å². The standard InChI is InChI=1S/C28H35N3O5/c1-19(2)18-36-23-8-7-21(16-20(23)3)26(32)24-25(22-6-4-9-29-17-22)31(28(34)27(24)33)11-5-10-30-12-14-35-15-13-30/h4,6-9,16-17,19,25,32H,5,10-15,18H2,1-3H3/t25-/m1/s1. The van der Waals surface area contributed by atoms with Gasteiger partial charge in [-0.15, -0.1) is 0 Å². The van der Waals surface area contributed by atoms with Gasteiger partial charge in [-0.3, -0.25) is 19.5 Å². The van der Waals surface area contributed by atoms with Crippen molar-refractivity contribution in [3.8, 4) is 5.75 Å². The van der Waals surface area contributed by atoms with Crippen LogP contribution in [0.25, 0.3) is 5.76 Å². The number of Topliss-reactive ketones (excluding diaryl/α,β-unsaturated/α-hetero) is 1. The van der Waals surface area contributed by atoms with Crippen LogP contribution in [0.1, 0.15) is 43.0 Å². The molecule has 1 atom stereocenters. The van der Waals surface area contributed by atoms with Crippen LogP contribution in [-0.4, -0.2) is 77.6 Å². The van der Waals surface area contributed by atoms with Crippen molar-refractivity contribution in [2.45, 2.75) is 33.2 Å². The van der Waals surface area contributed by atoms with Crippen molar-refractivity contribution in [2.75, 3.05) is 46.0 Å². The first-order valence-corrected chi connectivity index (χ1v) is 12.6. The number of benzene rings is 1. The third-order valence-corrected chi connectivity index (χ3v) is 6.54. The highest BCUT2D eigenvalue weighted by Crippen LogP contribution is 2.39. The number of aromatic nitrogens is 1. The van der Waals surface area contributed by atoms with Gasteiger partial charge < -0.3 is 19.5 Å². The zero-order chi connectivity index (χ0) is 25.7. The Labute approximate surface area is 212 Å². The predicted octanol–water partition coefficient (Wildman–Crippen LogP) is 3.57. The van der Waals surface area contributed by atoms with Gasteiger partial charge in [0.05, 0.1) is 31.4 Å². The van der Waals surface area contributed by atoms with Crippen LogP contribution in [0.4, 0.5) is 0 Å². The van der Waals surface area contributed by atoms with Gasteiger partial charge >= 0.3 is 0 Å². The Balaban J connectivity index is 1.63. The number of amides is 1. The molecule has 3 heterocycles. The normalized spacial score (nSPS) is 20.3. The van der Waals surface area contributed by atoms with Crippen LogP contribution >= 0.6 is 0 Å². The molecule has 2 aromatic rings. The lowest BCUT2D eigenvalue weighted by molar-refractivity contribution is -0.140. The Morgan fingerprint density at radius 3 is 2.64 bits per heavy atom. The number of aliphatic hydroxyl groups excluding tert-OH is 1. The number of hydrogen-bond donors (Lipinski definition) is 1. The van der Waals surface area contributed by atoms with Crippen molar-refractivity contribution in [2.24, 2.45) is 5.92 Å². The van der Waals surface area contributed by atoms with E-state index in [4.69, 9.17) is 9.47 Å². The molecule has 2 aliphatic rings. The Morgan fingerprint density at radius 2 is 1.97 bits per heavy atom. The average molecular weight is 494 g/mol. The molecule has 192 valence electrons. The van der Waals surface area contributed by atoms with E-state index in [0.717, 1.165) is 30.9 Å². The number of pyridine rings is 1. The van der Waals surface area contributed by atoms with Gasteiger partial charge in [0.2, 0.25) is 0 Å². The molecule has 1 aromatic carbocycles. The van der Waals surface area contributed by atoms with E-state index in [-0.39, 0.29) is 11.3 Å². The highest BCUT2D eigenvalue weighted by molar-refractivity contribution is 6.46. The minimum atomic E-state index is -0.694. The summed E-state index contributed by atoms with van der Waals surface area (Å²) in [7, 11) is 0. The molecular formula is C28H35N3O5. The van der Waals surface area contributed by atoms with E-state index in [1.54, 1.807) is 41.6 Å². The molecule has 4 rings (SSSR count). The molecule has 0 bridgehead atoms. The van der Waals surface area contributed by atoms with Gasteiger partial charge in [-0.25, -0.2) is 0 Å². The first-order valence-electron chi connectivity index (χ1n) is 12.6. The number of carbonyl (C=O) groups excluding carboxylic acids is 2. The number of ether oxygens (including phenoxy) is 2. The average Bonchev–Trinajstić information content (AvgIpc) is 3.13. The molecule has 0 unspecified atom stereocenters. The second-order valence-electron chi connectivity index (χ2n) is 9.77. The number of carbonyl (C=O) groups is 2. The summed E-state index contributed by atoms with van der Waals surface area (Å²) in [6.07, 6.45) is 4.01. The van der Waals surface area contributed by atoms with Crippen molar-refractivity contribution in [3.63, 3.8) is 0 Å². The number of nitrogens with zero attached hydrogens (tertiary/aromatic N) is 3. The molecule has 8 heteroatoms. The van der Waals surface area contributed by atoms with Crippen molar-refractivity contribution < 1.29 is 24.2 Å². The summed E-state index contributed by atoms with van der Waals surface area (Å²) >= 11 is 0. The summed E-state index contributed by atoms with van der Waals surface area (Å²) in [5, 5.41) is 11.3. The molecule has 1 aromatic heterocycles. The van der Waals surface area contributed by atoms with Crippen LogP contribution < -0.4 is 4.74 Å². The van der Waals surface area contributed by atoms with Gasteiger partial charge in [-0.1, -0.05) is 19.9 Å². The Bertz CT molecular complexity index is 1110. The van der Waals surface area contributed by atoms with Gasteiger partial charge in [0.1, 0.15) is 11.5 Å². The molecule has 2 saturated heterocycles. The number of aliphatic hydroxyl groups is 1. The zero-order valence-corrected chi connectivity index (χ0v) is 21.3. The monoisotopic (exact) mass is 493 g/mol. The van der Waals surface area contributed by atoms with Gasteiger partial charge in [0, 0.05) is 44.1 Å². The highest BCUT2D eigenvalue weighted by atomic mass is 16.5. The molecule has 0 saturated carbocycles. The lowest BCUT2D eigenvalue weighted by atomic mass is 9.95. The third kappa shape index (κ3) is 5.77. The van der Waals surface area contributed by atoms with Gasteiger partial charge in [0.15, 0.2) is 0 Å². The number of rotatable bonds is 9. The number of morpholine rings is 1. The second-order valence-corrected chi connectivity index (χ2v) is 9.77. The number of hydrogen-bond acceptors (Lipinski definition) is 7. The Hall–Kier alpha value is -3.23. The maximum atomic E-state index is 13.2. The SMILES string of the molecule is Cc1cc(C(O)=C2C(=O)C(=O)N(CCCN3CCOCC3)[C@@H]2c2cccnc2)ccc1OCC(C)C. The molecule has 0 spiro atoms. The van der Waals surface area contributed by atoms with E-state index in [2.05, 4.69) is 23.7 Å². The summed E-state index contributed by atoms with van der Waals surface area (Å²) in [6.45, 7) is 11.0. The van der Waals surface area contributed by atoms with E-state index in [1.807, 2.05) is 13.0 Å². The first-order chi connectivity index (χ1) is 17.4. The van der Waals surface area contributed by atoms with Crippen LogP contribution in [0.3, 0.4) is 0 Å². The number of aryl methyl sites for hydroxylation is 1. The smallest absolute Gasteiger partial charge is 0.295 e. The molecule has 2 fully saturated rings. The summed E-state index contributed by atoms with van der Waals surface area (Å²) < 4.78 is 11.3. The molecule has 1 amide bonds. The fourth-order valence-electron chi connectivity index (χ4n) is 4.65. The zero-order valence-electron chi connectivity index (χ0n) is 21.3. The number of likely N-dealkylation sites (tertiary alicyclic amines) is 1. The molecular weight excluding hydrogens is 458 g/mol. The largest absolute Gasteiger partial charge is 0.507 e. The lowest BCUT2D eigenvalue weighted by Crippen LogP contribution is -2.39. The van der Waals surface area contributed by atoms with Crippen LogP contribution in [0.5, 0.6) is 5.75 Å². The maximum absolute atomic E-state index is 13.2. The number of ketones is 1. The van der Waals surface area contributed by atoms with Crippen molar-refractivity contribution >= 4 is 17.4 Å². The van der Waals surface area contributed by atoms with E-state index in [9.17, 15) is 14.7 Å². The van der Waals surface area contributed by atoms with Crippen LogP contribution in [0.15, 0.2) is 48.3 Å². The van der Waals surface area contributed by atoms with Crippen LogP contribution in [0, 0.1) is 12.8 Å². The van der Waals surface area contributed by atoms with Crippen molar-refractivity contribution in [1.29, 1.82) is 0 Å².